The van der Waals surface area contributed by atoms with Crippen molar-refractivity contribution in [1.82, 2.24) is 4.98 Å². The normalized spacial score (nSPS) is 10.1. The molecule has 1 aromatic carbocycles. The summed E-state index contributed by atoms with van der Waals surface area (Å²) in [4.78, 5) is 4.23. The SMILES string of the molecule is Cc1cc(C)c(C#N)c(Oc2cc(Cl)cc(Cl)c2)n1. The first-order valence-corrected chi connectivity index (χ1v) is 6.27. The Bertz CT molecular complexity index is 658. The topological polar surface area (TPSA) is 45.9 Å². The molecule has 0 spiro atoms. The van der Waals surface area contributed by atoms with E-state index >= 15 is 0 Å². The van der Waals surface area contributed by atoms with Crippen molar-refractivity contribution in [1.29, 1.82) is 5.26 Å². The number of ether oxygens (including phenoxy) is 1. The molecule has 0 aliphatic heterocycles. The van der Waals surface area contributed by atoms with E-state index in [0.717, 1.165) is 11.3 Å². The molecular formula is C14H10Cl2N2O. The predicted molar refractivity (Wildman–Crippen MR) is 75.0 cm³/mol. The van der Waals surface area contributed by atoms with E-state index in [1.807, 2.05) is 19.9 Å². The zero-order valence-electron chi connectivity index (χ0n) is 10.4. The van der Waals surface area contributed by atoms with E-state index in [1.165, 1.54) is 0 Å². The quantitative estimate of drug-likeness (QED) is 0.808. The van der Waals surface area contributed by atoms with Gasteiger partial charge in [-0.05, 0) is 43.7 Å². The maximum absolute atomic E-state index is 9.16. The molecule has 3 nitrogen and oxygen atoms in total. The fraction of sp³-hybridized carbons (Fsp3) is 0.143. The van der Waals surface area contributed by atoms with Gasteiger partial charge in [-0.3, -0.25) is 0 Å². The number of hydrogen-bond donors (Lipinski definition) is 0. The molecule has 2 aromatic rings. The number of halogens is 2. The second-order valence-corrected chi connectivity index (χ2v) is 4.95. The minimum Gasteiger partial charge on any atom is -0.438 e. The van der Waals surface area contributed by atoms with Crippen molar-refractivity contribution in [2.75, 3.05) is 0 Å². The third kappa shape index (κ3) is 3.17. The Morgan fingerprint density at radius 2 is 1.74 bits per heavy atom. The van der Waals surface area contributed by atoms with Crippen LogP contribution in [0.3, 0.4) is 0 Å². The first-order valence-electron chi connectivity index (χ1n) is 5.52. The van der Waals surface area contributed by atoms with Crippen molar-refractivity contribution in [3.8, 4) is 17.7 Å². The number of pyridine rings is 1. The predicted octanol–water partition coefficient (Wildman–Crippen LogP) is 4.67. The highest BCUT2D eigenvalue weighted by Crippen LogP contribution is 2.30. The molecule has 0 unspecified atom stereocenters. The molecule has 96 valence electrons. The van der Waals surface area contributed by atoms with Crippen molar-refractivity contribution < 1.29 is 4.74 Å². The zero-order chi connectivity index (χ0) is 14.0. The molecule has 0 atom stereocenters. The van der Waals surface area contributed by atoms with Gasteiger partial charge in [0.15, 0.2) is 0 Å². The third-order valence-corrected chi connectivity index (χ3v) is 2.91. The van der Waals surface area contributed by atoms with E-state index in [1.54, 1.807) is 18.2 Å². The van der Waals surface area contributed by atoms with Gasteiger partial charge in [-0.25, -0.2) is 4.98 Å². The monoisotopic (exact) mass is 292 g/mol. The van der Waals surface area contributed by atoms with E-state index in [2.05, 4.69) is 11.1 Å². The number of aromatic nitrogens is 1. The highest BCUT2D eigenvalue weighted by molar-refractivity contribution is 6.34. The first kappa shape index (κ1) is 13.7. The fourth-order valence-corrected chi connectivity index (χ4v) is 2.22. The van der Waals surface area contributed by atoms with Crippen LogP contribution in [-0.4, -0.2) is 4.98 Å². The van der Waals surface area contributed by atoms with Crippen molar-refractivity contribution >= 4 is 23.2 Å². The Labute approximate surface area is 121 Å². The van der Waals surface area contributed by atoms with E-state index in [0.29, 0.717) is 21.4 Å². The summed E-state index contributed by atoms with van der Waals surface area (Å²) in [6.07, 6.45) is 0. The number of nitrogens with zero attached hydrogens (tertiary/aromatic N) is 2. The molecule has 0 radical (unpaired) electrons. The molecular weight excluding hydrogens is 283 g/mol. The van der Waals surface area contributed by atoms with Gasteiger partial charge in [0.2, 0.25) is 5.88 Å². The Morgan fingerprint density at radius 1 is 1.11 bits per heavy atom. The largest absolute Gasteiger partial charge is 0.438 e. The Kier molecular flexibility index (Phi) is 3.94. The van der Waals surface area contributed by atoms with E-state index < -0.39 is 0 Å². The molecule has 5 heteroatoms. The Balaban J connectivity index is 2.46. The van der Waals surface area contributed by atoms with Crippen LogP contribution in [0.2, 0.25) is 10.0 Å². The number of benzene rings is 1. The molecule has 0 saturated carbocycles. The van der Waals surface area contributed by atoms with Crippen molar-refractivity contribution in [2.24, 2.45) is 0 Å². The van der Waals surface area contributed by atoms with Crippen LogP contribution in [0.4, 0.5) is 0 Å². The summed E-state index contributed by atoms with van der Waals surface area (Å²) < 4.78 is 5.62. The summed E-state index contributed by atoms with van der Waals surface area (Å²) >= 11 is 11.8. The lowest BCUT2D eigenvalue weighted by molar-refractivity contribution is 0.459. The minimum atomic E-state index is 0.262. The van der Waals surface area contributed by atoms with Gasteiger partial charge in [0.1, 0.15) is 17.4 Å². The van der Waals surface area contributed by atoms with Gasteiger partial charge < -0.3 is 4.74 Å². The fourth-order valence-electron chi connectivity index (χ4n) is 1.71. The summed E-state index contributed by atoms with van der Waals surface area (Å²) in [6, 6.07) is 8.76. The average Bonchev–Trinajstić information content (AvgIpc) is 2.26. The van der Waals surface area contributed by atoms with Gasteiger partial charge in [0.25, 0.3) is 0 Å². The summed E-state index contributed by atoms with van der Waals surface area (Å²) in [5, 5.41) is 10.1. The highest BCUT2D eigenvalue weighted by Gasteiger charge is 2.11. The molecule has 0 fully saturated rings. The van der Waals surface area contributed by atoms with Gasteiger partial charge in [-0.2, -0.15) is 5.26 Å². The van der Waals surface area contributed by atoms with Crippen LogP contribution in [0.15, 0.2) is 24.3 Å². The molecule has 2 rings (SSSR count). The molecule has 0 N–H and O–H groups in total. The summed E-state index contributed by atoms with van der Waals surface area (Å²) in [5.74, 6) is 0.713. The van der Waals surface area contributed by atoms with Crippen molar-refractivity contribution in [3.05, 3.63) is 51.1 Å². The van der Waals surface area contributed by atoms with E-state index in [4.69, 9.17) is 33.2 Å². The number of rotatable bonds is 2. The first-order chi connectivity index (χ1) is 8.99. The third-order valence-electron chi connectivity index (χ3n) is 2.47. The molecule has 0 amide bonds. The number of aryl methyl sites for hydroxylation is 2. The van der Waals surface area contributed by atoms with Crippen molar-refractivity contribution in [3.63, 3.8) is 0 Å². The lowest BCUT2D eigenvalue weighted by atomic mass is 10.1. The summed E-state index contributed by atoms with van der Waals surface area (Å²) in [5.41, 5.74) is 2.00. The van der Waals surface area contributed by atoms with E-state index in [-0.39, 0.29) is 5.88 Å². The van der Waals surface area contributed by atoms with Gasteiger partial charge in [0, 0.05) is 15.7 Å². The molecule has 0 saturated heterocycles. The molecule has 19 heavy (non-hydrogen) atoms. The van der Waals surface area contributed by atoms with Crippen LogP contribution in [0.5, 0.6) is 11.6 Å². The van der Waals surface area contributed by atoms with Crippen molar-refractivity contribution in [2.45, 2.75) is 13.8 Å². The standard InChI is InChI=1S/C14H10Cl2N2O/c1-8-3-9(2)18-14(13(8)7-17)19-12-5-10(15)4-11(16)6-12/h3-6H,1-2H3. The Hall–Kier alpha value is -1.76. The van der Waals surface area contributed by atoms with Crippen LogP contribution < -0.4 is 4.74 Å². The zero-order valence-corrected chi connectivity index (χ0v) is 11.9. The number of nitriles is 1. The van der Waals surface area contributed by atoms with Crippen LogP contribution in [0.1, 0.15) is 16.8 Å². The second kappa shape index (κ2) is 5.48. The molecule has 0 bridgehead atoms. The van der Waals surface area contributed by atoms with Gasteiger partial charge >= 0.3 is 0 Å². The van der Waals surface area contributed by atoms with E-state index in [9.17, 15) is 0 Å². The van der Waals surface area contributed by atoms with Crippen LogP contribution in [0, 0.1) is 25.2 Å². The minimum absolute atomic E-state index is 0.262. The Morgan fingerprint density at radius 3 is 2.32 bits per heavy atom. The molecule has 1 heterocycles. The summed E-state index contributed by atoms with van der Waals surface area (Å²) in [7, 11) is 0. The van der Waals surface area contributed by atoms with Crippen LogP contribution >= 0.6 is 23.2 Å². The molecule has 1 aromatic heterocycles. The van der Waals surface area contributed by atoms with Gasteiger partial charge in [-0.15, -0.1) is 0 Å². The molecule has 0 aliphatic rings. The lowest BCUT2D eigenvalue weighted by Gasteiger charge is -2.09. The highest BCUT2D eigenvalue weighted by atomic mass is 35.5. The number of hydrogen-bond acceptors (Lipinski definition) is 3. The lowest BCUT2D eigenvalue weighted by Crippen LogP contribution is -1.97. The maximum atomic E-state index is 9.16. The smallest absolute Gasteiger partial charge is 0.237 e. The molecule has 0 aliphatic carbocycles. The van der Waals surface area contributed by atoms with Gasteiger partial charge in [-0.1, -0.05) is 23.2 Å². The summed E-state index contributed by atoms with van der Waals surface area (Å²) in [6.45, 7) is 3.68. The second-order valence-electron chi connectivity index (χ2n) is 4.08. The maximum Gasteiger partial charge on any atom is 0.237 e. The van der Waals surface area contributed by atoms with Crippen LogP contribution in [-0.2, 0) is 0 Å². The average molecular weight is 293 g/mol. The van der Waals surface area contributed by atoms with Crippen LogP contribution in [0.25, 0.3) is 0 Å². The van der Waals surface area contributed by atoms with Gasteiger partial charge in [0.05, 0.1) is 0 Å².